The molecule has 0 bridgehead atoms. The Balaban J connectivity index is 0.00000480. The van der Waals surface area contributed by atoms with Crippen LogP contribution in [0.25, 0.3) is 0 Å². The molecule has 0 fully saturated rings. The SMILES string of the molecule is CCNC(=NCC(O)COc1cccc(C(F)(F)F)c1)NCCc1ncc(CC)s1.I. The summed E-state index contributed by atoms with van der Waals surface area (Å²) in [6, 6.07) is 4.56. The Morgan fingerprint density at radius 2 is 2.06 bits per heavy atom. The molecule has 3 N–H and O–H groups in total. The molecule has 1 heterocycles. The number of aliphatic hydroxyl groups excluding tert-OH is 1. The van der Waals surface area contributed by atoms with Gasteiger partial charge in [-0.15, -0.1) is 35.3 Å². The van der Waals surface area contributed by atoms with Gasteiger partial charge in [0.15, 0.2) is 5.96 Å². The normalized spacial score (nSPS) is 12.8. The number of halogens is 4. The van der Waals surface area contributed by atoms with Crippen molar-refractivity contribution in [1.29, 1.82) is 0 Å². The first-order chi connectivity index (χ1) is 14.3. The maximum absolute atomic E-state index is 12.7. The van der Waals surface area contributed by atoms with E-state index in [0.717, 1.165) is 30.0 Å². The lowest BCUT2D eigenvalue weighted by Gasteiger charge is -2.14. The summed E-state index contributed by atoms with van der Waals surface area (Å²) in [7, 11) is 0. The topological polar surface area (TPSA) is 78.8 Å². The quantitative estimate of drug-likeness (QED) is 0.229. The number of guanidine groups is 1. The van der Waals surface area contributed by atoms with Crippen LogP contribution in [-0.4, -0.2) is 48.4 Å². The van der Waals surface area contributed by atoms with Gasteiger partial charge in [0.25, 0.3) is 0 Å². The fourth-order valence-electron chi connectivity index (χ4n) is 2.46. The van der Waals surface area contributed by atoms with Gasteiger partial charge in [0.05, 0.1) is 17.1 Å². The number of rotatable bonds is 10. The van der Waals surface area contributed by atoms with E-state index in [1.54, 1.807) is 11.3 Å². The molecule has 31 heavy (non-hydrogen) atoms. The van der Waals surface area contributed by atoms with Crippen molar-refractivity contribution in [2.24, 2.45) is 4.99 Å². The van der Waals surface area contributed by atoms with Crippen molar-refractivity contribution >= 4 is 41.3 Å². The maximum Gasteiger partial charge on any atom is 0.416 e. The van der Waals surface area contributed by atoms with Gasteiger partial charge in [-0.05, 0) is 31.5 Å². The summed E-state index contributed by atoms with van der Waals surface area (Å²) >= 11 is 1.68. The van der Waals surface area contributed by atoms with Crippen molar-refractivity contribution in [2.45, 2.75) is 39.0 Å². The van der Waals surface area contributed by atoms with Crippen LogP contribution in [0.4, 0.5) is 13.2 Å². The largest absolute Gasteiger partial charge is 0.491 e. The van der Waals surface area contributed by atoms with Crippen molar-refractivity contribution in [3.63, 3.8) is 0 Å². The number of ether oxygens (including phenoxy) is 1. The standard InChI is InChI=1S/C20H27F3N4O2S.HI/c1-3-17-12-26-18(30-17)8-9-25-19(24-4-2)27-11-15(28)13-29-16-7-5-6-14(10-16)20(21,22)23;/h5-7,10,12,15,28H,3-4,8-9,11,13H2,1-2H3,(H2,24,25,27);1H. The first-order valence-electron chi connectivity index (χ1n) is 9.75. The number of nitrogens with one attached hydrogen (secondary N) is 2. The van der Waals surface area contributed by atoms with Gasteiger partial charge in [0, 0.05) is 30.6 Å². The van der Waals surface area contributed by atoms with Crippen molar-refractivity contribution in [3.05, 3.63) is 45.9 Å². The molecular weight excluding hydrogens is 544 g/mol. The van der Waals surface area contributed by atoms with E-state index in [2.05, 4.69) is 27.5 Å². The molecule has 1 aromatic carbocycles. The van der Waals surface area contributed by atoms with Crippen LogP contribution in [0, 0.1) is 0 Å². The Morgan fingerprint density at radius 1 is 1.29 bits per heavy atom. The Bertz CT molecular complexity index is 818. The van der Waals surface area contributed by atoms with Gasteiger partial charge in [-0.1, -0.05) is 13.0 Å². The maximum atomic E-state index is 12.7. The molecule has 0 saturated heterocycles. The summed E-state index contributed by atoms with van der Waals surface area (Å²) in [6.07, 6.45) is -1.78. The third-order valence-electron chi connectivity index (χ3n) is 3.99. The highest BCUT2D eigenvalue weighted by molar-refractivity contribution is 14.0. The average molecular weight is 572 g/mol. The second-order valence-corrected chi connectivity index (χ2v) is 7.66. The summed E-state index contributed by atoms with van der Waals surface area (Å²) in [5, 5.41) is 17.4. The minimum Gasteiger partial charge on any atom is -0.491 e. The van der Waals surface area contributed by atoms with Gasteiger partial charge in [0.1, 0.15) is 18.5 Å². The van der Waals surface area contributed by atoms with Gasteiger partial charge < -0.3 is 20.5 Å². The van der Waals surface area contributed by atoms with Gasteiger partial charge in [-0.25, -0.2) is 4.98 Å². The first-order valence-corrected chi connectivity index (χ1v) is 10.6. The zero-order valence-electron chi connectivity index (χ0n) is 17.4. The predicted molar refractivity (Wildman–Crippen MR) is 128 cm³/mol. The lowest BCUT2D eigenvalue weighted by Crippen LogP contribution is -2.39. The zero-order chi connectivity index (χ0) is 22.0. The van der Waals surface area contributed by atoms with E-state index in [-0.39, 0.29) is 42.9 Å². The van der Waals surface area contributed by atoms with E-state index in [1.165, 1.54) is 17.0 Å². The molecule has 2 aromatic rings. The fourth-order valence-corrected chi connectivity index (χ4v) is 3.32. The number of hydrogen-bond donors (Lipinski definition) is 3. The van der Waals surface area contributed by atoms with E-state index in [4.69, 9.17) is 4.74 Å². The number of benzene rings is 1. The summed E-state index contributed by atoms with van der Waals surface area (Å²) in [5.74, 6) is 0.593. The van der Waals surface area contributed by atoms with Crippen LogP contribution in [0.1, 0.15) is 29.3 Å². The van der Waals surface area contributed by atoms with Crippen LogP contribution >= 0.6 is 35.3 Å². The van der Waals surface area contributed by atoms with E-state index in [1.807, 2.05) is 13.1 Å². The molecule has 0 amide bonds. The van der Waals surface area contributed by atoms with Gasteiger partial charge >= 0.3 is 6.18 Å². The third kappa shape index (κ3) is 10.0. The molecule has 0 aliphatic rings. The highest BCUT2D eigenvalue weighted by Crippen LogP contribution is 2.31. The van der Waals surface area contributed by atoms with Crippen LogP contribution in [0.3, 0.4) is 0 Å². The smallest absolute Gasteiger partial charge is 0.416 e. The minimum atomic E-state index is -4.44. The van der Waals surface area contributed by atoms with Crippen molar-refractivity contribution in [3.8, 4) is 5.75 Å². The molecule has 0 saturated carbocycles. The lowest BCUT2D eigenvalue weighted by atomic mass is 10.2. The van der Waals surface area contributed by atoms with Crippen LogP contribution in [-0.2, 0) is 19.0 Å². The summed E-state index contributed by atoms with van der Waals surface area (Å²) in [5.41, 5.74) is -0.794. The molecule has 2 rings (SSSR count). The molecule has 11 heteroatoms. The highest BCUT2D eigenvalue weighted by Gasteiger charge is 2.30. The van der Waals surface area contributed by atoms with Gasteiger partial charge in [-0.2, -0.15) is 13.2 Å². The molecule has 0 aliphatic heterocycles. The van der Waals surface area contributed by atoms with Crippen molar-refractivity contribution in [2.75, 3.05) is 26.2 Å². The van der Waals surface area contributed by atoms with E-state index in [9.17, 15) is 18.3 Å². The number of hydrogen-bond acceptors (Lipinski definition) is 5. The van der Waals surface area contributed by atoms with Crippen LogP contribution in [0.2, 0.25) is 0 Å². The van der Waals surface area contributed by atoms with E-state index >= 15 is 0 Å². The number of thiazole rings is 1. The minimum absolute atomic E-state index is 0. The summed E-state index contributed by atoms with van der Waals surface area (Å²) in [6.45, 7) is 5.19. The molecular formula is C20H28F3IN4O2S. The molecule has 6 nitrogen and oxygen atoms in total. The molecule has 174 valence electrons. The molecule has 0 spiro atoms. The molecule has 0 radical (unpaired) electrons. The Kier molecular flexibility index (Phi) is 12.2. The average Bonchev–Trinajstić information content (AvgIpc) is 3.18. The van der Waals surface area contributed by atoms with E-state index < -0.39 is 17.8 Å². The zero-order valence-corrected chi connectivity index (χ0v) is 20.6. The second-order valence-electron chi connectivity index (χ2n) is 6.46. The number of aryl methyl sites for hydroxylation is 1. The second kappa shape index (κ2) is 13.7. The summed E-state index contributed by atoms with van der Waals surface area (Å²) in [4.78, 5) is 9.92. The molecule has 0 aliphatic carbocycles. The number of aromatic nitrogens is 1. The Morgan fingerprint density at radius 3 is 2.71 bits per heavy atom. The highest BCUT2D eigenvalue weighted by atomic mass is 127. The monoisotopic (exact) mass is 572 g/mol. The van der Waals surface area contributed by atoms with Gasteiger partial charge in [-0.3, -0.25) is 4.99 Å². The fraction of sp³-hybridized carbons (Fsp3) is 0.500. The van der Waals surface area contributed by atoms with Crippen molar-refractivity contribution in [1.82, 2.24) is 15.6 Å². The third-order valence-corrected chi connectivity index (χ3v) is 5.19. The number of nitrogens with zero attached hydrogens (tertiary/aromatic N) is 2. The molecule has 1 atom stereocenters. The lowest BCUT2D eigenvalue weighted by molar-refractivity contribution is -0.137. The van der Waals surface area contributed by atoms with E-state index in [0.29, 0.717) is 19.0 Å². The number of aliphatic hydroxyl groups is 1. The predicted octanol–water partition coefficient (Wildman–Crippen LogP) is 3.88. The Hall–Kier alpha value is -1.60. The summed E-state index contributed by atoms with van der Waals surface area (Å²) < 4.78 is 43.5. The first kappa shape index (κ1) is 27.4. The molecule has 1 aromatic heterocycles. The van der Waals surface area contributed by atoms with Crippen LogP contribution in [0.15, 0.2) is 35.5 Å². The van der Waals surface area contributed by atoms with Crippen LogP contribution < -0.4 is 15.4 Å². The van der Waals surface area contributed by atoms with Crippen molar-refractivity contribution < 1.29 is 23.0 Å². The number of aliphatic imine (C=N–C) groups is 1. The van der Waals surface area contributed by atoms with Gasteiger partial charge in [0.2, 0.25) is 0 Å². The van der Waals surface area contributed by atoms with Crippen LogP contribution in [0.5, 0.6) is 5.75 Å². The number of alkyl halides is 3. The Labute approximate surface area is 201 Å². The molecule has 1 unspecified atom stereocenters.